The van der Waals surface area contributed by atoms with Crippen LogP contribution in [0.1, 0.15) is 25.3 Å². The number of phenolic OH excluding ortho intramolecular Hbond substituents is 1. The number of hydrogen-bond donors (Lipinski definition) is 4. The predicted octanol–water partition coefficient (Wildman–Crippen LogP) is 1.39. The van der Waals surface area contributed by atoms with Crippen molar-refractivity contribution in [3.63, 3.8) is 0 Å². The Morgan fingerprint density at radius 3 is 2.59 bits per heavy atom. The minimum Gasteiger partial charge on any atom is -0.506 e. The number of piperidine rings is 1. The fourth-order valence-electron chi connectivity index (χ4n) is 6.15. The van der Waals surface area contributed by atoms with Crippen LogP contribution in [0.2, 0.25) is 0 Å². The molecule has 4 heterocycles. The summed E-state index contributed by atoms with van der Waals surface area (Å²) < 4.78 is 46.3. The van der Waals surface area contributed by atoms with E-state index < -0.39 is 51.9 Å². The summed E-state index contributed by atoms with van der Waals surface area (Å²) in [7, 11) is -2.75. The first-order valence-corrected chi connectivity index (χ1v) is 16.4. The van der Waals surface area contributed by atoms with Crippen molar-refractivity contribution in [2.45, 2.75) is 31.8 Å². The molecule has 2 aliphatic heterocycles. The third kappa shape index (κ3) is 5.54. The van der Waals surface area contributed by atoms with Gasteiger partial charge in [-0.2, -0.15) is 13.5 Å². The van der Waals surface area contributed by atoms with Gasteiger partial charge in [0.2, 0.25) is 17.7 Å². The van der Waals surface area contributed by atoms with Crippen molar-refractivity contribution in [3.8, 4) is 16.9 Å². The lowest BCUT2D eigenvalue weighted by Crippen LogP contribution is -2.44. The van der Waals surface area contributed by atoms with Crippen LogP contribution in [0.3, 0.4) is 0 Å². The van der Waals surface area contributed by atoms with Gasteiger partial charge in [-0.3, -0.25) is 38.3 Å². The maximum Gasteiger partial charge on any atom is 0.329 e. The molecule has 0 radical (unpaired) electrons. The van der Waals surface area contributed by atoms with Gasteiger partial charge in [-0.05, 0) is 53.8 Å². The lowest BCUT2D eigenvalue weighted by molar-refractivity contribution is -0.135. The highest BCUT2D eigenvalue weighted by atomic mass is 32.2. The van der Waals surface area contributed by atoms with Gasteiger partial charge in [0.15, 0.2) is 5.82 Å². The highest BCUT2D eigenvalue weighted by Gasteiger charge is 2.38. The molecule has 5 aromatic rings. The molecule has 49 heavy (non-hydrogen) atoms. The Labute approximate surface area is 275 Å². The topological polar surface area (TPSA) is 207 Å². The van der Waals surface area contributed by atoms with Crippen LogP contribution in [0.5, 0.6) is 5.75 Å². The molecule has 252 valence electrons. The molecular weight excluding hydrogens is 663 g/mol. The van der Waals surface area contributed by atoms with E-state index in [1.807, 2.05) is 0 Å². The highest BCUT2D eigenvalue weighted by molar-refractivity contribution is 7.92. The van der Waals surface area contributed by atoms with E-state index in [0.29, 0.717) is 21.0 Å². The number of aromatic hydroxyl groups is 1. The number of aryl methyl sites for hydroxylation is 2. The third-order valence-electron chi connectivity index (χ3n) is 8.53. The zero-order valence-corrected chi connectivity index (χ0v) is 26.5. The molecule has 2 saturated heterocycles. The summed E-state index contributed by atoms with van der Waals surface area (Å²) in [6.07, 6.45) is 3.75. The maximum absolute atomic E-state index is 15.4. The van der Waals surface area contributed by atoms with Crippen molar-refractivity contribution in [1.82, 2.24) is 29.0 Å². The maximum atomic E-state index is 15.4. The summed E-state index contributed by atoms with van der Waals surface area (Å²) in [6, 6.07) is 9.86. The molecule has 2 aliphatic rings. The van der Waals surface area contributed by atoms with Crippen molar-refractivity contribution >= 4 is 67.0 Å². The molecule has 4 amide bonds. The van der Waals surface area contributed by atoms with Crippen LogP contribution < -0.4 is 25.4 Å². The number of nitrogens with zero attached hydrogens (tertiary/aromatic N) is 5. The van der Waals surface area contributed by atoms with Crippen LogP contribution in [-0.2, 0) is 43.0 Å². The number of nitrogens with one attached hydrogen (secondary N) is 3. The van der Waals surface area contributed by atoms with Crippen molar-refractivity contribution in [3.05, 3.63) is 71.2 Å². The minimum atomic E-state index is -4.35. The third-order valence-corrected chi connectivity index (χ3v) is 9.91. The normalized spacial score (nSPS) is 17.5. The van der Waals surface area contributed by atoms with Gasteiger partial charge in [0.05, 0.1) is 17.2 Å². The number of benzene rings is 3. The summed E-state index contributed by atoms with van der Waals surface area (Å²) >= 11 is 0. The Kier molecular flexibility index (Phi) is 7.46. The van der Waals surface area contributed by atoms with Crippen LogP contribution in [-0.4, -0.2) is 62.6 Å². The van der Waals surface area contributed by atoms with Gasteiger partial charge in [-0.15, -0.1) is 0 Å². The Bertz CT molecular complexity index is 2430. The molecule has 0 aliphatic carbocycles. The molecule has 2 aromatic heterocycles. The number of aromatic nitrogens is 4. The number of fused-ring (bicyclic) bond motifs is 2. The van der Waals surface area contributed by atoms with E-state index in [1.54, 1.807) is 47.0 Å². The van der Waals surface area contributed by atoms with Gasteiger partial charge in [0.25, 0.3) is 5.91 Å². The number of halogens is 1. The van der Waals surface area contributed by atoms with Crippen LogP contribution in [0, 0.1) is 5.82 Å². The predicted molar refractivity (Wildman–Crippen MR) is 173 cm³/mol. The monoisotopic (exact) mass is 690 g/mol. The smallest absolute Gasteiger partial charge is 0.329 e. The van der Waals surface area contributed by atoms with E-state index in [1.165, 1.54) is 27.3 Å². The first kappa shape index (κ1) is 31.6. The Morgan fingerprint density at radius 2 is 1.86 bits per heavy atom. The lowest BCUT2D eigenvalue weighted by Gasteiger charge is -2.21. The van der Waals surface area contributed by atoms with E-state index in [-0.39, 0.29) is 54.1 Å². The van der Waals surface area contributed by atoms with Crippen molar-refractivity contribution in [2.75, 3.05) is 16.2 Å². The number of rotatable bonds is 7. The fourth-order valence-corrected chi connectivity index (χ4v) is 7.31. The number of anilines is 2. The number of hydrogen-bond acceptors (Lipinski definition) is 9. The van der Waals surface area contributed by atoms with Crippen molar-refractivity contribution in [1.29, 1.82) is 0 Å². The second-order valence-corrected chi connectivity index (χ2v) is 13.3. The Balaban J connectivity index is 1.04. The van der Waals surface area contributed by atoms with Gasteiger partial charge < -0.3 is 10.4 Å². The highest BCUT2D eigenvalue weighted by Crippen LogP contribution is 2.39. The molecule has 2 fully saturated rings. The molecule has 1 unspecified atom stereocenters. The van der Waals surface area contributed by atoms with E-state index in [2.05, 4.69) is 15.7 Å². The van der Waals surface area contributed by atoms with E-state index in [4.69, 9.17) is 0 Å². The fraction of sp³-hybridized carbons (Fsp3) is 0.226. The zero-order valence-electron chi connectivity index (χ0n) is 25.6. The largest absolute Gasteiger partial charge is 0.506 e. The number of carbonyl (C=O) groups excluding carboxylic acids is 4. The molecule has 0 bridgehead atoms. The summed E-state index contributed by atoms with van der Waals surface area (Å²) in [6.45, 7) is -0.469. The summed E-state index contributed by atoms with van der Waals surface area (Å²) in [5, 5.41) is 20.0. The number of phenols is 1. The van der Waals surface area contributed by atoms with Gasteiger partial charge in [-0.1, -0.05) is 6.07 Å². The van der Waals surface area contributed by atoms with E-state index >= 15 is 4.39 Å². The summed E-state index contributed by atoms with van der Waals surface area (Å²) in [5.41, 5.74) is 1.88. The quantitative estimate of drug-likeness (QED) is 0.182. The molecule has 4 N–H and O–H groups in total. The number of carbonyl (C=O) groups is 4. The van der Waals surface area contributed by atoms with Gasteiger partial charge in [0.1, 0.15) is 24.0 Å². The summed E-state index contributed by atoms with van der Waals surface area (Å²) in [4.78, 5) is 61.5. The first-order chi connectivity index (χ1) is 23.3. The van der Waals surface area contributed by atoms with E-state index in [9.17, 15) is 37.5 Å². The Morgan fingerprint density at radius 1 is 1.06 bits per heavy atom. The van der Waals surface area contributed by atoms with Crippen LogP contribution in [0.15, 0.2) is 59.7 Å². The second-order valence-electron chi connectivity index (χ2n) is 11.7. The summed E-state index contributed by atoms with van der Waals surface area (Å²) in [5.74, 6) is -3.87. The standard InChI is InChI=1S/C31H27FN8O8S/c1-37-23-11-16(2-5-21(23)40(31(37)46)22-6-7-25(42)35-30(22)45)18-13-33-38(14-18)9-8-26(43)34-19-3-4-20-17(10-19)12-24(41)29(28(20)32)39-15-27(44)36-49(39,47)48/h2-5,10-14,22,41H,6-9,15H2,1H3,(H,34,43)(H,36,44)(H,35,42,45). The van der Waals surface area contributed by atoms with Crippen LogP contribution in [0.4, 0.5) is 15.8 Å². The van der Waals surface area contributed by atoms with Crippen molar-refractivity contribution < 1.29 is 37.1 Å². The van der Waals surface area contributed by atoms with Gasteiger partial charge in [0, 0.05) is 49.3 Å². The number of imide groups is 1. The van der Waals surface area contributed by atoms with E-state index in [0.717, 1.165) is 17.2 Å². The number of amides is 4. The Hall–Kier alpha value is -6.04. The average Bonchev–Trinajstić information content (AvgIpc) is 3.70. The van der Waals surface area contributed by atoms with Crippen LogP contribution in [0.25, 0.3) is 32.9 Å². The zero-order chi connectivity index (χ0) is 34.8. The SMILES string of the molecule is Cn1c(=O)n(C2CCC(=O)NC2=O)c2ccc(-c3cnn(CCC(=O)Nc4ccc5c(F)c(N6CC(=O)NS6(=O)=O)c(O)cc5c4)c3)cc21. The molecule has 18 heteroatoms. The molecule has 0 spiro atoms. The molecule has 16 nitrogen and oxygen atoms in total. The van der Waals surface area contributed by atoms with Crippen LogP contribution >= 0.6 is 0 Å². The molecule has 1 atom stereocenters. The average molecular weight is 691 g/mol. The van der Waals surface area contributed by atoms with Gasteiger partial charge >= 0.3 is 15.9 Å². The molecular formula is C31H27FN8O8S. The number of imidazole rings is 1. The first-order valence-electron chi connectivity index (χ1n) is 15.0. The van der Waals surface area contributed by atoms with Crippen molar-refractivity contribution in [2.24, 2.45) is 7.05 Å². The molecule has 0 saturated carbocycles. The molecule has 7 rings (SSSR count). The molecule has 3 aromatic carbocycles. The lowest BCUT2D eigenvalue weighted by atomic mass is 10.1. The minimum absolute atomic E-state index is 0.0217. The second kappa shape index (κ2) is 11.6. The van der Waals surface area contributed by atoms with Gasteiger partial charge in [-0.25, -0.2) is 18.2 Å².